The summed E-state index contributed by atoms with van der Waals surface area (Å²) in [6.07, 6.45) is 0. The molecule has 4 heteroatoms. The molecule has 0 saturated heterocycles. The SMILES string of the molecule is Cc1[nH]nc(N)c1N. The van der Waals surface area contributed by atoms with Crippen molar-refractivity contribution in [3.8, 4) is 0 Å². The van der Waals surface area contributed by atoms with Gasteiger partial charge in [-0.05, 0) is 6.92 Å². The fraction of sp³-hybridized carbons (Fsp3) is 0.250. The van der Waals surface area contributed by atoms with Crippen LogP contribution in [-0.4, -0.2) is 10.2 Å². The number of aryl methyl sites for hydroxylation is 1. The van der Waals surface area contributed by atoms with Crippen LogP contribution in [-0.2, 0) is 0 Å². The van der Waals surface area contributed by atoms with Crippen LogP contribution in [0.25, 0.3) is 0 Å². The largest absolute Gasteiger partial charge is 0.394 e. The Morgan fingerprint density at radius 3 is 2.25 bits per heavy atom. The van der Waals surface area contributed by atoms with Crippen molar-refractivity contribution >= 4 is 11.5 Å². The monoisotopic (exact) mass is 112 g/mol. The smallest absolute Gasteiger partial charge is 0.168 e. The molecule has 0 fully saturated rings. The van der Waals surface area contributed by atoms with E-state index in [0.29, 0.717) is 11.5 Å². The third-order valence-electron chi connectivity index (χ3n) is 1.02. The van der Waals surface area contributed by atoms with Gasteiger partial charge in [-0.15, -0.1) is 0 Å². The van der Waals surface area contributed by atoms with Gasteiger partial charge < -0.3 is 11.5 Å². The maximum Gasteiger partial charge on any atom is 0.168 e. The van der Waals surface area contributed by atoms with E-state index in [1.54, 1.807) is 0 Å². The summed E-state index contributed by atoms with van der Waals surface area (Å²) in [5.41, 5.74) is 12.0. The van der Waals surface area contributed by atoms with E-state index in [1.807, 2.05) is 6.92 Å². The van der Waals surface area contributed by atoms with Gasteiger partial charge in [0.05, 0.1) is 11.4 Å². The van der Waals surface area contributed by atoms with Crippen molar-refractivity contribution in [2.75, 3.05) is 11.5 Å². The minimum absolute atomic E-state index is 0.377. The van der Waals surface area contributed by atoms with Gasteiger partial charge in [0.15, 0.2) is 5.82 Å². The first-order valence-corrected chi connectivity index (χ1v) is 2.27. The first-order chi connectivity index (χ1) is 3.72. The van der Waals surface area contributed by atoms with Gasteiger partial charge in [-0.1, -0.05) is 0 Å². The summed E-state index contributed by atoms with van der Waals surface area (Å²) in [4.78, 5) is 0. The number of nitrogens with one attached hydrogen (secondary N) is 1. The maximum atomic E-state index is 5.38. The summed E-state index contributed by atoms with van der Waals surface area (Å²) in [5, 5.41) is 6.28. The molecule has 1 rings (SSSR count). The summed E-state index contributed by atoms with van der Waals surface area (Å²) in [7, 11) is 0. The lowest BCUT2D eigenvalue weighted by molar-refractivity contribution is 1.05. The molecule has 1 aromatic heterocycles. The van der Waals surface area contributed by atoms with Crippen LogP contribution in [0.5, 0.6) is 0 Å². The number of aromatic amines is 1. The van der Waals surface area contributed by atoms with E-state index in [9.17, 15) is 0 Å². The number of H-pyrrole nitrogens is 1. The van der Waals surface area contributed by atoms with Crippen molar-refractivity contribution in [1.29, 1.82) is 0 Å². The second-order valence-electron chi connectivity index (χ2n) is 1.65. The van der Waals surface area contributed by atoms with Gasteiger partial charge in [0.1, 0.15) is 0 Å². The van der Waals surface area contributed by atoms with Gasteiger partial charge in [-0.2, -0.15) is 5.10 Å². The molecule has 0 saturated carbocycles. The van der Waals surface area contributed by atoms with Gasteiger partial charge >= 0.3 is 0 Å². The minimum atomic E-state index is 0.377. The molecule has 0 atom stereocenters. The van der Waals surface area contributed by atoms with E-state index in [-0.39, 0.29) is 0 Å². The van der Waals surface area contributed by atoms with Gasteiger partial charge in [-0.3, -0.25) is 5.10 Å². The molecular formula is C4H8N4. The Labute approximate surface area is 46.9 Å². The lowest BCUT2D eigenvalue weighted by atomic mass is 10.4. The number of nitrogens with zero attached hydrogens (tertiary/aromatic N) is 1. The van der Waals surface area contributed by atoms with Crippen LogP contribution >= 0.6 is 0 Å². The molecule has 0 aliphatic heterocycles. The summed E-state index contributed by atoms with van der Waals surface area (Å²) in [6, 6.07) is 0. The summed E-state index contributed by atoms with van der Waals surface area (Å²) >= 11 is 0. The fourth-order valence-electron chi connectivity index (χ4n) is 0.457. The average Bonchev–Trinajstić information content (AvgIpc) is 1.98. The highest BCUT2D eigenvalue weighted by Gasteiger charge is 1.98. The molecule has 1 aromatic rings. The van der Waals surface area contributed by atoms with Crippen LogP contribution < -0.4 is 11.5 Å². The topological polar surface area (TPSA) is 80.7 Å². The lowest BCUT2D eigenvalue weighted by Crippen LogP contribution is -1.91. The molecule has 0 bridgehead atoms. The molecule has 5 N–H and O–H groups in total. The molecule has 0 unspecified atom stereocenters. The molecule has 44 valence electrons. The number of rotatable bonds is 0. The Morgan fingerprint density at radius 2 is 2.12 bits per heavy atom. The molecule has 0 amide bonds. The molecule has 0 aliphatic rings. The minimum Gasteiger partial charge on any atom is -0.394 e. The number of nitrogen functional groups attached to an aromatic ring is 2. The number of nitrogens with two attached hydrogens (primary N) is 2. The van der Waals surface area contributed by atoms with Crippen LogP contribution in [0.3, 0.4) is 0 Å². The predicted molar refractivity (Wildman–Crippen MR) is 32.1 cm³/mol. The zero-order valence-corrected chi connectivity index (χ0v) is 4.60. The number of aromatic nitrogens is 2. The van der Waals surface area contributed by atoms with Gasteiger partial charge in [0.25, 0.3) is 0 Å². The second-order valence-corrected chi connectivity index (χ2v) is 1.65. The van der Waals surface area contributed by atoms with Crippen molar-refractivity contribution in [3.63, 3.8) is 0 Å². The molecule has 0 spiro atoms. The van der Waals surface area contributed by atoms with Crippen molar-refractivity contribution in [2.24, 2.45) is 0 Å². The standard InChI is InChI=1S/C4H8N4/c1-2-3(5)4(6)8-7-2/h5H2,1H3,(H3,6,7,8). The molecule has 1 heterocycles. The Kier molecular flexibility index (Phi) is 0.865. The Bertz CT molecular complexity index is 170. The zero-order valence-electron chi connectivity index (χ0n) is 4.60. The van der Waals surface area contributed by atoms with Crippen LogP contribution in [0.2, 0.25) is 0 Å². The van der Waals surface area contributed by atoms with Crippen molar-refractivity contribution < 1.29 is 0 Å². The van der Waals surface area contributed by atoms with E-state index in [2.05, 4.69) is 10.2 Å². The predicted octanol–water partition coefficient (Wildman–Crippen LogP) is -0.117. The number of anilines is 2. The fourth-order valence-corrected chi connectivity index (χ4v) is 0.457. The maximum absolute atomic E-state index is 5.38. The van der Waals surface area contributed by atoms with E-state index in [4.69, 9.17) is 11.5 Å². The van der Waals surface area contributed by atoms with E-state index in [0.717, 1.165) is 5.69 Å². The summed E-state index contributed by atoms with van der Waals surface area (Å²) in [6.45, 7) is 1.82. The molecule has 0 aromatic carbocycles. The number of hydrogen-bond acceptors (Lipinski definition) is 3. The first-order valence-electron chi connectivity index (χ1n) is 2.27. The first kappa shape index (κ1) is 4.96. The molecule has 0 radical (unpaired) electrons. The average molecular weight is 112 g/mol. The molecule has 0 aliphatic carbocycles. The highest BCUT2D eigenvalue weighted by molar-refractivity contribution is 5.60. The van der Waals surface area contributed by atoms with E-state index in [1.165, 1.54) is 0 Å². The van der Waals surface area contributed by atoms with Gasteiger partial charge in [0.2, 0.25) is 0 Å². The van der Waals surface area contributed by atoms with Gasteiger partial charge in [-0.25, -0.2) is 0 Å². The normalized spacial score (nSPS) is 9.62. The molecule has 4 nitrogen and oxygen atoms in total. The summed E-state index contributed by atoms with van der Waals surface area (Å²) in [5.74, 6) is 0.377. The van der Waals surface area contributed by atoms with Crippen LogP contribution in [0, 0.1) is 6.92 Å². The summed E-state index contributed by atoms with van der Waals surface area (Å²) < 4.78 is 0. The quantitative estimate of drug-likeness (QED) is 0.437. The van der Waals surface area contributed by atoms with E-state index >= 15 is 0 Å². The molecular weight excluding hydrogens is 104 g/mol. The van der Waals surface area contributed by atoms with Crippen molar-refractivity contribution in [3.05, 3.63) is 5.69 Å². The Hall–Kier alpha value is -1.19. The number of hydrogen-bond donors (Lipinski definition) is 3. The van der Waals surface area contributed by atoms with Crippen molar-refractivity contribution in [2.45, 2.75) is 6.92 Å². The molecule has 8 heavy (non-hydrogen) atoms. The Balaban J connectivity index is 3.19. The van der Waals surface area contributed by atoms with E-state index < -0.39 is 0 Å². The lowest BCUT2D eigenvalue weighted by Gasteiger charge is -1.84. The highest BCUT2D eigenvalue weighted by atomic mass is 15.2. The second kappa shape index (κ2) is 1.40. The van der Waals surface area contributed by atoms with Gasteiger partial charge in [0, 0.05) is 0 Å². The van der Waals surface area contributed by atoms with Crippen LogP contribution in [0.4, 0.5) is 11.5 Å². The zero-order chi connectivity index (χ0) is 6.15. The van der Waals surface area contributed by atoms with Crippen LogP contribution in [0.1, 0.15) is 5.69 Å². The van der Waals surface area contributed by atoms with Crippen molar-refractivity contribution in [1.82, 2.24) is 10.2 Å². The Morgan fingerprint density at radius 1 is 1.50 bits per heavy atom. The third-order valence-corrected chi connectivity index (χ3v) is 1.02. The highest BCUT2D eigenvalue weighted by Crippen LogP contribution is 2.12. The third kappa shape index (κ3) is 0.501. The van der Waals surface area contributed by atoms with Crippen LogP contribution in [0.15, 0.2) is 0 Å².